The number of nitrogens with zero attached hydrogens (tertiary/aromatic N) is 1. The highest BCUT2D eigenvalue weighted by Crippen LogP contribution is 2.22. The summed E-state index contributed by atoms with van der Waals surface area (Å²) in [5.74, 6) is -0.863. The van der Waals surface area contributed by atoms with E-state index in [0.29, 0.717) is 13.2 Å². The molecule has 0 aliphatic rings. The van der Waals surface area contributed by atoms with Gasteiger partial charge in [0.1, 0.15) is 11.6 Å². The molecule has 0 unspecified atom stereocenters. The number of aromatic nitrogens is 1. The van der Waals surface area contributed by atoms with E-state index in [4.69, 9.17) is 26.2 Å². The molecule has 6 heteroatoms. The van der Waals surface area contributed by atoms with Crippen molar-refractivity contribution in [2.45, 2.75) is 20.0 Å². The Labute approximate surface area is 104 Å². The molecule has 1 N–H and O–H groups in total. The van der Waals surface area contributed by atoms with Crippen LogP contribution in [0.5, 0.6) is 5.88 Å². The summed E-state index contributed by atoms with van der Waals surface area (Å²) in [5, 5.41) is 8.89. The van der Waals surface area contributed by atoms with E-state index >= 15 is 0 Å². The summed E-state index contributed by atoms with van der Waals surface area (Å²) in [4.78, 5) is 14.5. The van der Waals surface area contributed by atoms with Crippen LogP contribution in [0.15, 0.2) is 12.3 Å². The molecule has 0 aliphatic carbocycles. The van der Waals surface area contributed by atoms with Crippen LogP contribution in [0.2, 0.25) is 5.02 Å². The zero-order valence-electron chi connectivity index (χ0n) is 9.64. The third-order valence-electron chi connectivity index (χ3n) is 1.83. The SMILES string of the molecule is CC(C)OCCOc1ncc(C(=O)O)cc1Cl. The predicted molar refractivity (Wildman–Crippen MR) is 62.8 cm³/mol. The quantitative estimate of drug-likeness (QED) is 0.794. The minimum atomic E-state index is -1.07. The number of halogens is 1. The maximum Gasteiger partial charge on any atom is 0.337 e. The Hall–Kier alpha value is -1.33. The lowest BCUT2D eigenvalue weighted by atomic mass is 10.3. The van der Waals surface area contributed by atoms with E-state index < -0.39 is 5.97 Å². The maximum atomic E-state index is 10.6. The minimum Gasteiger partial charge on any atom is -0.478 e. The third-order valence-corrected chi connectivity index (χ3v) is 2.10. The van der Waals surface area contributed by atoms with Crippen LogP contribution >= 0.6 is 11.6 Å². The van der Waals surface area contributed by atoms with Crippen molar-refractivity contribution in [3.63, 3.8) is 0 Å². The molecule has 1 heterocycles. The van der Waals surface area contributed by atoms with E-state index in [9.17, 15) is 4.79 Å². The summed E-state index contributed by atoms with van der Waals surface area (Å²) in [6.07, 6.45) is 1.34. The average molecular weight is 260 g/mol. The second-order valence-electron chi connectivity index (χ2n) is 3.58. The maximum absolute atomic E-state index is 10.6. The summed E-state index contributed by atoms with van der Waals surface area (Å²) in [6.45, 7) is 4.59. The number of carbonyl (C=O) groups is 1. The van der Waals surface area contributed by atoms with Crippen LogP contribution in [0.1, 0.15) is 24.2 Å². The first-order chi connectivity index (χ1) is 8.00. The van der Waals surface area contributed by atoms with Gasteiger partial charge in [-0.3, -0.25) is 0 Å². The first-order valence-corrected chi connectivity index (χ1v) is 5.51. The Morgan fingerprint density at radius 1 is 1.53 bits per heavy atom. The molecule has 1 aromatic heterocycles. The number of pyridine rings is 1. The van der Waals surface area contributed by atoms with E-state index in [-0.39, 0.29) is 22.6 Å². The van der Waals surface area contributed by atoms with Gasteiger partial charge in [0.25, 0.3) is 0 Å². The molecule has 0 radical (unpaired) electrons. The Bertz CT molecular complexity index is 395. The molecular formula is C11H14ClNO4. The molecular weight excluding hydrogens is 246 g/mol. The van der Waals surface area contributed by atoms with Crippen molar-refractivity contribution < 1.29 is 19.4 Å². The normalized spacial score (nSPS) is 10.6. The van der Waals surface area contributed by atoms with Crippen LogP contribution in [0.25, 0.3) is 0 Å². The molecule has 5 nitrogen and oxygen atoms in total. The zero-order chi connectivity index (χ0) is 12.8. The molecule has 0 atom stereocenters. The Morgan fingerprint density at radius 2 is 2.24 bits per heavy atom. The van der Waals surface area contributed by atoms with Crippen molar-refractivity contribution in [2.75, 3.05) is 13.2 Å². The topological polar surface area (TPSA) is 68.7 Å². The molecule has 0 saturated heterocycles. The number of hydrogen-bond acceptors (Lipinski definition) is 4. The van der Waals surface area contributed by atoms with Gasteiger partial charge < -0.3 is 14.6 Å². The number of ether oxygens (including phenoxy) is 2. The van der Waals surface area contributed by atoms with Crippen LogP contribution in [-0.4, -0.2) is 35.4 Å². The van der Waals surface area contributed by atoms with E-state index in [1.165, 1.54) is 12.3 Å². The van der Waals surface area contributed by atoms with Crippen molar-refractivity contribution in [3.05, 3.63) is 22.8 Å². The summed E-state index contributed by atoms with van der Waals surface area (Å²) in [6, 6.07) is 1.30. The molecule has 0 spiro atoms. The van der Waals surface area contributed by atoms with Gasteiger partial charge in [-0.1, -0.05) is 11.6 Å². The van der Waals surface area contributed by atoms with Gasteiger partial charge in [0.05, 0.1) is 18.3 Å². The molecule has 0 fully saturated rings. The molecule has 94 valence electrons. The molecule has 0 amide bonds. The number of carboxylic acid groups (broad SMARTS) is 1. The minimum absolute atomic E-state index is 0.0285. The van der Waals surface area contributed by atoms with Crippen LogP contribution in [0.3, 0.4) is 0 Å². The third kappa shape index (κ3) is 4.58. The van der Waals surface area contributed by atoms with Gasteiger partial charge in [0, 0.05) is 6.20 Å². The van der Waals surface area contributed by atoms with Crippen molar-refractivity contribution in [2.24, 2.45) is 0 Å². The highest BCUT2D eigenvalue weighted by atomic mass is 35.5. The van der Waals surface area contributed by atoms with Crippen LogP contribution in [-0.2, 0) is 4.74 Å². The van der Waals surface area contributed by atoms with Gasteiger partial charge in [0.2, 0.25) is 5.88 Å². The average Bonchev–Trinajstić information content (AvgIpc) is 2.25. The fraction of sp³-hybridized carbons (Fsp3) is 0.455. The largest absolute Gasteiger partial charge is 0.478 e. The van der Waals surface area contributed by atoms with Gasteiger partial charge >= 0.3 is 5.97 Å². The van der Waals surface area contributed by atoms with Gasteiger partial charge in [-0.15, -0.1) is 0 Å². The first kappa shape index (κ1) is 13.7. The van der Waals surface area contributed by atoms with Gasteiger partial charge in [-0.05, 0) is 19.9 Å². The first-order valence-electron chi connectivity index (χ1n) is 5.14. The van der Waals surface area contributed by atoms with Crippen molar-refractivity contribution >= 4 is 17.6 Å². The summed E-state index contributed by atoms with van der Waals surface area (Å²) in [7, 11) is 0. The number of aromatic carboxylic acids is 1. The predicted octanol–water partition coefficient (Wildman–Crippen LogP) is 2.24. The Morgan fingerprint density at radius 3 is 2.76 bits per heavy atom. The van der Waals surface area contributed by atoms with E-state index in [0.717, 1.165) is 0 Å². The molecule has 0 aromatic carbocycles. The van der Waals surface area contributed by atoms with E-state index in [1.54, 1.807) is 0 Å². The lowest BCUT2D eigenvalue weighted by molar-refractivity contribution is 0.0542. The fourth-order valence-corrected chi connectivity index (χ4v) is 1.29. The molecule has 1 rings (SSSR count). The molecule has 0 saturated carbocycles. The van der Waals surface area contributed by atoms with E-state index in [2.05, 4.69) is 4.98 Å². The number of carboxylic acids is 1. The molecule has 0 bridgehead atoms. The standard InChI is InChI=1S/C11H14ClNO4/c1-7(2)16-3-4-17-10-9(12)5-8(6-13-10)11(14)15/h5-7H,3-4H2,1-2H3,(H,14,15). The highest BCUT2D eigenvalue weighted by molar-refractivity contribution is 6.32. The van der Waals surface area contributed by atoms with Gasteiger partial charge in [0.15, 0.2) is 0 Å². The second kappa shape index (κ2) is 6.42. The summed E-state index contributed by atoms with van der Waals surface area (Å²) in [5.41, 5.74) is 0.0285. The number of hydrogen-bond donors (Lipinski definition) is 1. The zero-order valence-corrected chi connectivity index (χ0v) is 10.4. The lowest BCUT2D eigenvalue weighted by Crippen LogP contribution is -2.12. The Balaban J connectivity index is 2.52. The van der Waals surface area contributed by atoms with Crippen LogP contribution in [0.4, 0.5) is 0 Å². The second-order valence-corrected chi connectivity index (χ2v) is 3.99. The Kier molecular flexibility index (Phi) is 5.18. The molecule has 17 heavy (non-hydrogen) atoms. The van der Waals surface area contributed by atoms with Crippen molar-refractivity contribution in [3.8, 4) is 5.88 Å². The van der Waals surface area contributed by atoms with Crippen molar-refractivity contribution in [1.82, 2.24) is 4.98 Å². The van der Waals surface area contributed by atoms with Gasteiger partial charge in [-0.25, -0.2) is 9.78 Å². The van der Waals surface area contributed by atoms with E-state index in [1.807, 2.05) is 13.8 Å². The van der Waals surface area contributed by atoms with Crippen molar-refractivity contribution in [1.29, 1.82) is 0 Å². The molecule has 0 aliphatic heterocycles. The molecule has 1 aromatic rings. The monoisotopic (exact) mass is 259 g/mol. The van der Waals surface area contributed by atoms with Crippen LogP contribution in [0, 0.1) is 0 Å². The van der Waals surface area contributed by atoms with Gasteiger partial charge in [-0.2, -0.15) is 0 Å². The number of rotatable bonds is 6. The smallest absolute Gasteiger partial charge is 0.337 e. The lowest BCUT2D eigenvalue weighted by Gasteiger charge is -2.09. The summed E-state index contributed by atoms with van der Waals surface area (Å²) < 4.78 is 10.5. The fourth-order valence-electron chi connectivity index (χ4n) is 1.07. The summed E-state index contributed by atoms with van der Waals surface area (Å²) >= 11 is 5.82. The highest BCUT2D eigenvalue weighted by Gasteiger charge is 2.09. The van der Waals surface area contributed by atoms with Crippen LogP contribution < -0.4 is 4.74 Å².